The maximum absolute atomic E-state index is 13.5. The van der Waals surface area contributed by atoms with Gasteiger partial charge in [-0.05, 0) is 18.2 Å². The quantitative estimate of drug-likeness (QED) is 0.201. The molecule has 0 fully saturated rings. The molecular weight excluding hydrogens is 623 g/mol. The normalized spacial score (nSPS) is 13.8. The molecule has 0 aromatic heterocycles. The van der Waals surface area contributed by atoms with Crippen molar-refractivity contribution < 1.29 is 79.0 Å². The molecule has 0 N–H and O–H groups in total. The van der Waals surface area contributed by atoms with E-state index < -0.39 is 112 Å². The van der Waals surface area contributed by atoms with Gasteiger partial charge in [0.15, 0.2) is 0 Å². The lowest BCUT2D eigenvalue weighted by atomic mass is 9.36. The van der Waals surface area contributed by atoms with Crippen molar-refractivity contribution in [1.29, 1.82) is 0 Å². The van der Waals surface area contributed by atoms with E-state index in [1.54, 1.807) is 0 Å². The summed E-state index contributed by atoms with van der Waals surface area (Å²) in [6, 6.07) is -2.95. The van der Waals surface area contributed by atoms with Gasteiger partial charge in [-0.15, -0.1) is 0 Å². The van der Waals surface area contributed by atoms with Gasteiger partial charge in [0, 0.05) is 0 Å². The molecule has 0 heterocycles. The van der Waals surface area contributed by atoms with Crippen LogP contribution in [0.25, 0.3) is 0 Å². The second kappa shape index (κ2) is 10.6. The second-order valence-electron chi connectivity index (χ2n) is 8.95. The van der Waals surface area contributed by atoms with Crippen LogP contribution in [0.15, 0.2) is 54.6 Å². The second-order valence-corrected chi connectivity index (χ2v) is 8.95. The van der Waals surface area contributed by atoms with Crippen LogP contribution in [0.5, 0.6) is 0 Å². The Morgan fingerprint density at radius 3 is 0.512 bits per heavy atom. The van der Waals surface area contributed by atoms with Gasteiger partial charge in [0.05, 0.1) is 33.4 Å². The molecule has 0 radical (unpaired) electrons. The molecule has 0 bridgehead atoms. The molecule has 0 aliphatic heterocycles. The van der Waals surface area contributed by atoms with Crippen LogP contribution in [0, 0.1) is 0 Å². The standard InChI is InChI=1S/C24H9BF18/c26-19(27,28)10-1-11(20(29,30)31)5-16(4-10)25(17-6-12(21(32,33)34)2-13(7-17)22(35,36)37)18-8-14(23(38,39)40)3-15(9-18)24(41,42)43/h1-9H/i26-1,27-1,28-1,29-1,30-1,31-1,32-1,33-1,34-1,35-1,36-1,37-1,38-1,39-1,40-1,41-1,42-1,43-1. The Morgan fingerprint density at radius 1 is 0.256 bits per heavy atom. The smallest absolute Gasteiger partial charge is 0.166 e. The summed E-state index contributed by atoms with van der Waals surface area (Å²) >= 11 is 0. The minimum Gasteiger partial charge on any atom is -0.166 e. The molecule has 0 spiro atoms. The molecule has 0 saturated heterocycles. The number of hydrogen-bond acceptors (Lipinski definition) is 0. The summed E-state index contributed by atoms with van der Waals surface area (Å²) in [6.07, 6.45) is -34.0. The van der Waals surface area contributed by atoms with Gasteiger partial charge in [0.25, 0.3) is 0 Å². The third kappa shape index (κ3) is 7.90. The topological polar surface area (TPSA) is 0 Å². The molecule has 0 aliphatic carbocycles. The van der Waals surface area contributed by atoms with Crippen molar-refractivity contribution in [3.05, 3.63) is 88.0 Å². The minimum absolute atomic E-state index is 0.235. The van der Waals surface area contributed by atoms with Gasteiger partial charge in [-0.3, -0.25) is 0 Å². The number of benzene rings is 3. The summed E-state index contributed by atoms with van der Waals surface area (Å²) in [5.41, 5.74) is -17.7. The molecule has 0 nitrogen and oxygen atoms in total. The van der Waals surface area contributed by atoms with E-state index >= 15 is 0 Å². The van der Waals surface area contributed by atoms with Crippen molar-refractivity contribution >= 4 is 23.1 Å². The van der Waals surface area contributed by atoms with Crippen molar-refractivity contribution in [3.63, 3.8) is 0 Å². The summed E-state index contributed by atoms with van der Waals surface area (Å²) in [7, 11) is 0. The van der Waals surface area contributed by atoms with E-state index in [4.69, 9.17) is 0 Å². The molecule has 0 saturated carbocycles. The molecule has 3 aromatic carbocycles. The van der Waals surface area contributed by atoms with Crippen molar-refractivity contribution in [3.8, 4) is 0 Å². The van der Waals surface area contributed by atoms with E-state index in [2.05, 4.69) is 0 Å². The van der Waals surface area contributed by atoms with Crippen molar-refractivity contribution in [2.24, 2.45) is 0 Å². The largest absolute Gasteiger partial charge is 0.416 e. The van der Waals surface area contributed by atoms with E-state index in [9.17, 15) is 79.0 Å². The fourth-order valence-electron chi connectivity index (χ4n) is 4.01. The Labute approximate surface area is 228 Å². The fraction of sp³-hybridized carbons (Fsp3) is 0.250. The first-order chi connectivity index (χ1) is 19.1. The van der Waals surface area contributed by atoms with Crippen LogP contribution in [-0.2, 0) is 37.1 Å². The lowest BCUT2D eigenvalue weighted by Gasteiger charge is -2.23. The molecule has 234 valence electrons. The Kier molecular flexibility index (Phi) is 8.35. The van der Waals surface area contributed by atoms with E-state index in [-0.39, 0.29) is 36.4 Å². The number of hydrogen-bond donors (Lipinski definition) is 0. The molecular formula is C24H9BF18. The van der Waals surface area contributed by atoms with Gasteiger partial charge in [-0.2, -0.15) is 79.0 Å². The highest BCUT2D eigenvalue weighted by molar-refractivity contribution is 6.95. The zero-order valence-corrected chi connectivity index (χ0v) is 20.1. The SMILES string of the molecule is [18F]C([18F])([18F])c1cc(B(c2cc(C([18F])([18F])[18F])cc(C([18F])([18F])[18F])c2)c2cc(C([18F])([18F])[18F])cc(C([18F])([18F])[18F])c2)cc(C([18F])([18F])[18F])c1. The average molecular weight is 632 g/mol. The first-order valence-electron chi connectivity index (χ1n) is 11.0. The van der Waals surface area contributed by atoms with Gasteiger partial charge in [0.2, 0.25) is 6.71 Å². The number of alkyl halides is 18. The Hall–Kier alpha value is -3.54. The zero-order valence-electron chi connectivity index (χ0n) is 20.1. The highest BCUT2D eigenvalue weighted by atomic mass is 18.5. The zero-order chi connectivity index (χ0) is 33.1. The molecule has 0 aliphatic rings. The Balaban J connectivity index is 2.60. The first kappa shape index (κ1) is 34.0. The summed E-state index contributed by atoms with van der Waals surface area (Å²) in [5.74, 6) is 0. The van der Waals surface area contributed by atoms with Crippen LogP contribution < -0.4 is 16.4 Å². The first-order valence-corrected chi connectivity index (χ1v) is 11.0. The molecule has 0 unspecified atom stereocenters. The average Bonchev–Trinajstić information content (AvgIpc) is 2.80. The number of halogens is 18. The van der Waals surface area contributed by atoms with Gasteiger partial charge < -0.3 is 0 Å². The fourth-order valence-corrected chi connectivity index (χ4v) is 4.01. The van der Waals surface area contributed by atoms with Crippen LogP contribution in [0.4, 0.5) is 79.0 Å². The van der Waals surface area contributed by atoms with Gasteiger partial charge >= 0.3 is 37.1 Å². The predicted molar refractivity (Wildman–Crippen MR) is 114 cm³/mol. The lowest BCUT2D eigenvalue weighted by molar-refractivity contribution is -0.144. The summed E-state index contributed by atoms with van der Waals surface area (Å²) in [6.45, 7) is -2.88. The molecule has 3 aromatic rings. The molecule has 43 heavy (non-hydrogen) atoms. The van der Waals surface area contributed by atoms with E-state index in [1.807, 2.05) is 0 Å². The van der Waals surface area contributed by atoms with Gasteiger partial charge in [-0.25, -0.2) is 0 Å². The van der Waals surface area contributed by atoms with Gasteiger partial charge in [0.1, 0.15) is 0 Å². The Bertz CT molecular complexity index is 1210. The van der Waals surface area contributed by atoms with Crippen LogP contribution >= 0.6 is 0 Å². The monoisotopic (exact) mass is 632 g/mol. The summed E-state index contributed by atoms with van der Waals surface area (Å²) in [4.78, 5) is 0. The van der Waals surface area contributed by atoms with Gasteiger partial charge in [-0.1, -0.05) is 52.8 Å². The summed E-state index contributed by atoms with van der Waals surface area (Å²) in [5, 5.41) is 0. The molecule has 0 atom stereocenters. The lowest BCUT2D eigenvalue weighted by Crippen LogP contribution is -2.53. The van der Waals surface area contributed by atoms with E-state index in [0.717, 1.165) is 0 Å². The van der Waals surface area contributed by atoms with Crippen LogP contribution in [0.3, 0.4) is 0 Å². The minimum atomic E-state index is -5.67. The van der Waals surface area contributed by atoms with E-state index in [1.165, 1.54) is 0 Å². The maximum atomic E-state index is 13.5. The van der Waals surface area contributed by atoms with Crippen molar-refractivity contribution in [2.75, 3.05) is 0 Å². The van der Waals surface area contributed by atoms with Crippen molar-refractivity contribution in [1.82, 2.24) is 0 Å². The summed E-state index contributed by atoms with van der Waals surface area (Å²) < 4.78 is 243. The molecule has 0 amide bonds. The predicted octanol–water partition coefficient (Wildman–Crippen LogP) is 8.32. The highest BCUT2D eigenvalue weighted by Crippen LogP contribution is 2.38. The third-order valence-corrected chi connectivity index (χ3v) is 5.83. The third-order valence-electron chi connectivity index (χ3n) is 5.83. The van der Waals surface area contributed by atoms with Crippen LogP contribution in [0.2, 0.25) is 0 Å². The molecule has 3 rings (SSSR count). The van der Waals surface area contributed by atoms with E-state index in [0.29, 0.717) is 0 Å². The van der Waals surface area contributed by atoms with Crippen LogP contribution in [0.1, 0.15) is 33.4 Å². The highest BCUT2D eigenvalue weighted by Gasteiger charge is 2.43. The maximum Gasteiger partial charge on any atom is 0.416 e. The molecule has 19 heteroatoms. The van der Waals surface area contributed by atoms with Crippen molar-refractivity contribution in [2.45, 2.75) is 37.1 Å². The van der Waals surface area contributed by atoms with Crippen LogP contribution in [-0.4, -0.2) is 6.71 Å². The number of rotatable bonds is 3. The Morgan fingerprint density at radius 2 is 0.395 bits per heavy atom.